The molecule has 0 fully saturated rings. The van der Waals surface area contributed by atoms with Gasteiger partial charge in [-0.2, -0.15) is 0 Å². The van der Waals surface area contributed by atoms with Gasteiger partial charge in [0.1, 0.15) is 0 Å². The van der Waals surface area contributed by atoms with E-state index in [2.05, 4.69) is 71.7 Å². The van der Waals surface area contributed by atoms with E-state index in [-0.39, 0.29) is 41.6 Å². The standard InChI is InChI=1S/C44H54Br2F2N4Se2/c1-5-9-13-17-21-43(22-18-14-10-6-2)27-25-29(45)39-41(51-53-49-39)31(27)33-35(43)37(47)34-32-28(26-30(46)40-42(32)52-54-50-40)44(36(34)38(33)48,23-19-15-11-7-3)24-20-16-12-8-4/h25-26H,5-24H2,1-4H3. The molecule has 10 heteroatoms. The number of fused-ring (bicyclic) bond motifs is 10. The van der Waals surface area contributed by atoms with Crippen LogP contribution < -0.4 is 0 Å². The molecule has 0 amide bonds. The molecule has 0 N–H and O–H groups in total. The summed E-state index contributed by atoms with van der Waals surface area (Å²) in [5.41, 5.74) is 7.63. The predicted octanol–water partition coefficient (Wildman–Crippen LogP) is 13.9. The van der Waals surface area contributed by atoms with Crippen molar-refractivity contribution in [3.8, 4) is 22.3 Å². The number of nitrogens with zero attached hydrogens (tertiary/aromatic N) is 4. The molecule has 2 heterocycles. The average Bonchev–Trinajstić information content (AvgIpc) is 3.96. The first-order valence-corrected chi connectivity index (χ1v) is 25.4. The van der Waals surface area contributed by atoms with Gasteiger partial charge in [0.2, 0.25) is 0 Å². The molecular formula is C44H54Br2F2N4Se2. The van der Waals surface area contributed by atoms with Crippen LogP contribution in [0.1, 0.15) is 178 Å². The molecule has 0 aliphatic heterocycles. The van der Waals surface area contributed by atoms with Crippen molar-refractivity contribution in [3.05, 3.63) is 55.0 Å². The Bertz CT molecular complexity index is 1950. The van der Waals surface area contributed by atoms with E-state index in [1.54, 1.807) is 0 Å². The summed E-state index contributed by atoms with van der Waals surface area (Å²) in [5, 5.41) is 0. The summed E-state index contributed by atoms with van der Waals surface area (Å²) < 4.78 is 59.2. The molecule has 0 saturated carbocycles. The molecule has 0 saturated heterocycles. The molecule has 0 radical (unpaired) electrons. The van der Waals surface area contributed by atoms with E-state index in [1.807, 2.05) is 0 Å². The monoisotopic (exact) mass is 994 g/mol. The molecule has 0 spiro atoms. The zero-order valence-electron chi connectivity index (χ0n) is 32.4. The van der Waals surface area contributed by atoms with E-state index in [9.17, 15) is 0 Å². The van der Waals surface area contributed by atoms with Crippen molar-refractivity contribution in [1.29, 1.82) is 0 Å². The Hall–Kier alpha value is -1.28. The Kier molecular flexibility index (Phi) is 13.4. The molecule has 54 heavy (non-hydrogen) atoms. The molecule has 4 nitrogen and oxygen atoms in total. The van der Waals surface area contributed by atoms with Crippen molar-refractivity contribution in [3.63, 3.8) is 0 Å². The van der Waals surface area contributed by atoms with Crippen molar-refractivity contribution in [2.75, 3.05) is 0 Å². The number of hydrogen-bond acceptors (Lipinski definition) is 4. The number of hydrogen-bond donors (Lipinski definition) is 0. The third kappa shape index (κ3) is 6.91. The van der Waals surface area contributed by atoms with Crippen LogP contribution in [0.25, 0.3) is 44.3 Å². The molecule has 2 aliphatic carbocycles. The van der Waals surface area contributed by atoms with Gasteiger partial charge in [-0.3, -0.25) is 0 Å². The van der Waals surface area contributed by atoms with E-state index in [1.165, 1.54) is 0 Å². The van der Waals surface area contributed by atoms with Gasteiger partial charge in [0.05, 0.1) is 0 Å². The Balaban J connectivity index is 1.58. The second kappa shape index (κ2) is 17.7. The molecule has 7 rings (SSSR count). The van der Waals surface area contributed by atoms with Crippen molar-refractivity contribution in [1.82, 2.24) is 15.9 Å². The first-order chi connectivity index (χ1) is 26.3. The molecule has 2 aliphatic rings. The Morgan fingerprint density at radius 1 is 0.463 bits per heavy atom. The van der Waals surface area contributed by atoms with E-state index in [0.717, 1.165) is 182 Å². The Morgan fingerprint density at radius 3 is 1.09 bits per heavy atom. The van der Waals surface area contributed by atoms with E-state index in [4.69, 9.17) is 15.9 Å². The second-order valence-corrected chi connectivity index (χ2v) is 19.9. The summed E-state index contributed by atoms with van der Waals surface area (Å²) in [6.07, 6.45) is 20.4. The van der Waals surface area contributed by atoms with Crippen LogP contribution in [0.2, 0.25) is 0 Å². The van der Waals surface area contributed by atoms with Gasteiger partial charge in [0.25, 0.3) is 0 Å². The molecule has 0 unspecified atom stereocenters. The van der Waals surface area contributed by atoms with Gasteiger partial charge >= 0.3 is 353 Å². The first-order valence-electron chi connectivity index (χ1n) is 20.8. The van der Waals surface area contributed by atoms with E-state index in [0.29, 0.717) is 22.3 Å². The number of benzene rings is 3. The number of halogens is 4. The van der Waals surface area contributed by atoms with Crippen LogP contribution in [-0.4, -0.2) is 45.8 Å². The van der Waals surface area contributed by atoms with E-state index < -0.39 is 10.8 Å². The first kappa shape index (κ1) is 40.9. The maximum atomic E-state index is 18.9. The zero-order chi connectivity index (χ0) is 38.0. The summed E-state index contributed by atoms with van der Waals surface area (Å²) in [7, 11) is 0. The maximum absolute atomic E-state index is 18.9. The minimum absolute atomic E-state index is 0.224. The van der Waals surface area contributed by atoms with Crippen LogP contribution in [0.5, 0.6) is 0 Å². The number of rotatable bonds is 20. The average molecular weight is 995 g/mol. The molecule has 5 aromatic rings. The third-order valence-electron chi connectivity index (χ3n) is 12.7. The van der Waals surface area contributed by atoms with Gasteiger partial charge in [0.15, 0.2) is 0 Å². The van der Waals surface area contributed by atoms with Crippen molar-refractivity contribution < 1.29 is 8.78 Å². The third-order valence-corrected chi connectivity index (χ3v) is 16.1. The molecular weight excluding hydrogens is 940 g/mol. The van der Waals surface area contributed by atoms with Crippen molar-refractivity contribution >= 4 is 83.9 Å². The number of aromatic nitrogens is 4. The quantitative estimate of drug-likeness (QED) is 0.0576. The van der Waals surface area contributed by atoms with Crippen LogP contribution in [-0.2, 0) is 10.8 Å². The van der Waals surface area contributed by atoms with Crippen molar-refractivity contribution in [2.24, 2.45) is 0 Å². The molecule has 290 valence electrons. The van der Waals surface area contributed by atoms with Gasteiger partial charge in [-0.15, -0.1) is 0 Å². The molecule has 3 aromatic carbocycles. The predicted molar refractivity (Wildman–Crippen MR) is 229 cm³/mol. The van der Waals surface area contributed by atoms with Crippen LogP contribution in [0, 0.1) is 11.6 Å². The van der Waals surface area contributed by atoms with Crippen molar-refractivity contribution in [2.45, 2.75) is 167 Å². The zero-order valence-corrected chi connectivity index (χ0v) is 39.0. The Labute approximate surface area is 350 Å². The fourth-order valence-electron chi connectivity index (χ4n) is 10.1. The number of unbranched alkanes of at least 4 members (excludes halogenated alkanes) is 12. The fourth-order valence-corrected chi connectivity index (χ4v) is 14.0. The van der Waals surface area contributed by atoms with Crippen LogP contribution in [0.15, 0.2) is 21.1 Å². The summed E-state index contributed by atoms with van der Waals surface area (Å²) in [5.74, 6) is -0.448. The summed E-state index contributed by atoms with van der Waals surface area (Å²) in [4.78, 5) is 0. The SMILES string of the molecule is CCCCCCC1(CCCCCC)c2cc(Br)c3n[se]nc3c2-c2c(F)c3c(c(F)c21)-c1c(cc(Br)c2n[se]nc12)C3(CCCCCC)CCCCCC. The molecule has 0 bridgehead atoms. The minimum atomic E-state index is -0.660. The van der Waals surface area contributed by atoms with Crippen LogP contribution >= 0.6 is 31.9 Å². The Morgan fingerprint density at radius 2 is 0.778 bits per heavy atom. The fraction of sp³-hybridized carbons (Fsp3) is 0.591. The van der Waals surface area contributed by atoms with Gasteiger partial charge in [-0.25, -0.2) is 0 Å². The summed E-state index contributed by atoms with van der Waals surface area (Å²) >= 11 is 7.12. The normalized spacial score (nSPS) is 15.0. The summed E-state index contributed by atoms with van der Waals surface area (Å²) in [6, 6.07) is 4.36. The van der Waals surface area contributed by atoms with Gasteiger partial charge < -0.3 is 0 Å². The van der Waals surface area contributed by atoms with Gasteiger partial charge in [-0.1, -0.05) is 0 Å². The second-order valence-electron chi connectivity index (χ2n) is 16.0. The van der Waals surface area contributed by atoms with Crippen LogP contribution in [0.3, 0.4) is 0 Å². The van der Waals surface area contributed by atoms with Gasteiger partial charge in [0, 0.05) is 0 Å². The summed E-state index contributed by atoms with van der Waals surface area (Å²) in [6.45, 7) is 8.93. The van der Waals surface area contributed by atoms with Crippen LogP contribution in [0.4, 0.5) is 8.78 Å². The van der Waals surface area contributed by atoms with E-state index >= 15 is 8.78 Å². The topological polar surface area (TPSA) is 51.6 Å². The van der Waals surface area contributed by atoms with Gasteiger partial charge in [-0.05, 0) is 0 Å². The molecule has 0 atom stereocenters. The molecule has 2 aromatic heterocycles.